The number of likely N-dealkylation sites (N-methyl/N-ethyl adjacent to an activating group) is 1. The van der Waals surface area contributed by atoms with Crippen molar-refractivity contribution in [3.05, 3.63) is 184 Å². The van der Waals surface area contributed by atoms with Crippen molar-refractivity contribution in [3.8, 4) is 10.4 Å². The summed E-state index contributed by atoms with van der Waals surface area (Å²) in [6, 6.07) is 39.5. The normalized spacial score (nSPS) is 19.9. The van der Waals surface area contributed by atoms with E-state index >= 15 is 0 Å². The fourth-order valence-electron chi connectivity index (χ4n) is 16.0. The number of β-amino-alcohol motifs (C(OH)–C–C–N with tert-alkyl or cyclic N) is 1. The third-order valence-corrected chi connectivity index (χ3v) is 27.9. The van der Waals surface area contributed by atoms with E-state index in [0.29, 0.717) is 69.2 Å². The number of alkyl halides is 3. The summed E-state index contributed by atoms with van der Waals surface area (Å²) in [4.78, 5) is 75.4. The van der Waals surface area contributed by atoms with Crippen LogP contribution in [0, 0.1) is 17.8 Å². The number of piperazine rings is 2. The molecule has 6 atom stereocenters. The maximum atomic E-state index is 14.4. The summed E-state index contributed by atoms with van der Waals surface area (Å²) in [5.74, 6) is -1.88. The molecule has 624 valence electrons. The number of carbonyl (C=O) groups is 4. The van der Waals surface area contributed by atoms with Crippen LogP contribution in [0.5, 0.6) is 0 Å². The van der Waals surface area contributed by atoms with Crippen LogP contribution in [0.2, 0.25) is 5.02 Å². The lowest BCUT2D eigenvalue weighted by Crippen LogP contribution is -2.58. The third-order valence-electron chi connectivity index (χ3n) is 22.6. The Balaban J connectivity index is 0.590. The number of thiazole rings is 1. The molecule has 0 bridgehead atoms. The minimum absolute atomic E-state index is 0.0157. The summed E-state index contributed by atoms with van der Waals surface area (Å²) in [5, 5.41) is 23.7. The number of sulfonamides is 1. The van der Waals surface area contributed by atoms with E-state index in [9.17, 15) is 54.3 Å². The van der Waals surface area contributed by atoms with E-state index in [1.54, 1.807) is 23.5 Å². The number of likely N-dealkylation sites (tertiary alicyclic amines) is 1. The van der Waals surface area contributed by atoms with E-state index in [1.165, 1.54) is 45.5 Å². The van der Waals surface area contributed by atoms with Gasteiger partial charge in [0.1, 0.15) is 17.0 Å². The van der Waals surface area contributed by atoms with E-state index in [4.69, 9.17) is 16.3 Å². The molecular formula is C85H107ClF3N13O10S4. The highest BCUT2D eigenvalue weighted by atomic mass is 35.5. The van der Waals surface area contributed by atoms with Gasteiger partial charge in [-0.15, -0.1) is 23.1 Å². The maximum absolute atomic E-state index is 14.4. The van der Waals surface area contributed by atoms with Crippen LogP contribution in [0.4, 0.5) is 35.9 Å². The van der Waals surface area contributed by atoms with Crippen molar-refractivity contribution >= 4 is 107 Å². The number of carbonyl (C=O) groups excluding carboxylic acids is 4. The second kappa shape index (κ2) is 38.3. The molecule has 1 unspecified atom stereocenters. The molecule has 7 aromatic rings. The predicted octanol–water partition coefficient (Wildman–Crippen LogP) is 11.8. The van der Waals surface area contributed by atoms with E-state index in [-0.39, 0.29) is 48.3 Å². The van der Waals surface area contributed by atoms with Gasteiger partial charge < -0.3 is 50.7 Å². The molecule has 0 spiro atoms. The Labute approximate surface area is 693 Å². The summed E-state index contributed by atoms with van der Waals surface area (Å²) in [6.45, 7) is 24.6. The number of amides is 4. The zero-order chi connectivity index (χ0) is 82.7. The smallest absolute Gasteiger partial charge is 0.391 e. The van der Waals surface area contributed by atoms with Crippen molar-refractivity contribution in [1.82, 2.24) is 44.8 Å². The number of anilines is 4. The largest absolute Gasteiger partial charge is 0.501 e. The van der Waals surface area contributed by atoms with Crippen LogP contribution < -0.4 is 35.8 Å². The lowest BCUT2D eigenvalue weighted by Gasteiger charge is -2.42. The number of ether oxygens (including phenoxy) is 1. The number of rotatable bonds is 31. The molecule has 1 aliphatic carbocycles. The van der Waals surface area contributed by atoms with Crippen molar-refractivity contribution in [2.75, 3.05) is 158 Å². The van der Waals surface area contributed by atoms with Crippen molar-refractivity contribution in [2.24, 2.45) is 10.8 Å². The minimum Gasteiger partial charge on any atom is -0.391 e. The Morgan fingerprint density at radius 2 is 1.41 bits per heavy atom. The van der Waals surface area contributed by atoms with Crippen LogP contribution >= 0.6 is 34.7 Å². The van der Waals surface area contributed by atoms with Crippen molar-refractivity contribution in [3.63, 3.8) is 0 Å². The molecule has 0 saturated carbocycles. The van der Waals surface area contributed by atoms with Crippen LogP contribution in [-0.2, 0) is 39.0 Å². The van der Waals surface area contributed by atoms with Gasteiger partial charge in [-0.1, -0.05) is 99.5 Å². The Bertz CT molecular complexity index is 4800. The summed E-state index contributed by atoms with van der Waals surface area (Å²) >= 11 is 9.43. The molecule has 4 aliphatic heterocycles. The van der Waals surface area contributed by atoms with Gasteiger partial charge in [-0.2, -0.15) is 13.2 Å². The number of hydrogen-bond acceptors (Lipinski definition) is 21. The molecule has 1 aromatic heterocycles. The number of morpholine rings is 1. The quantitative estimate of drug-likeness (QED) is 0.0221. The van der Waals surface area contributed by atoms with Crippen LogP contribution in [0.25, 0.3) is 16.0 Å². The Morgan fingerprint density at radius 3 is 2.03 bits per heavy atom. The van der Waals surface area contributed by atoms with Gasteiger partial charge in [-0.3, -0.25) is 33.9 Å². The lowest BCUT2D eigenvalue weighted by molar-refractivity contribution is -0.144. The number of halogens is 4. The van der Waals surface area contributed by atoms with Crippen LogP contribution in [0.1, 0.15) is 99.9 Å². The number of thioether (sulfide) groups is 1. The first-order valence-corrected chi connectivity index (χ1v) is 44.9. The molecule has 23 nitrogen and oxygen atoms in total. The molecule has 6 aromatic carbocycles. The molecule has 0 radical (unpaired) electrons. The number of nitrogens with zero attached hydrogens (tertiary/aromatic N) is 8. The van der Waals surface area contributed by atoms with E-state index < -0.39 is 82.3 Å². The number of allylic oxidation sites excluding steroid dienone is 1. The summed E-state index contributed by atoms with van der Waals surface area (Å²) in [5.41, 5.74) is 4.37. The highest BCUT2D eigenvalue weighted by Gasteiger charge is 2.49. The van der Waals surface area contributed by atoms with E-state index in [1.807, 2.05) is 124 Å². The van der Waals surface area contributed by atoms with Gasteiger partial charge in [0.15, 0.2) is 0 Å². The molecule has 4 fully saturated rings. The average molecular weight is 1690 g/mol. The Kier molecular flexibility index (Phi) is 28.8. The third kappa shape index (κ3) is 22.6. The SMILES string of the molecule is Cc1ncsc1-c1ccc([C@H](C)NC(=O)[C@@H]2C[C@@H](O)CN2C(=O)[C@@H](NC(=O)CNc2ccc(N3CCN(CCN(C)CC4(C)CCC(c5ccc(Cl)cc5)=C(CN5CCN(c6ccc(C(=O)NS(=O)(=O)c7ccc(N[C@H](CCN8CCOCC8)CSc8ccccc8)c(S(=O)(=O)C(F)(F)F)c7)cc6)CC5)C4)CC3)cc2)C(C)(C)C)cc1. The highest BCUT2D eigenvalue weighted by molar-refractivity contribution is 7.99. The first-order chi connectivity index (χ1) is 55.2. The first kappa shape index (κ1) is 87.2. The Morgan fingerprint density at radius 1 is 0.776 bits per heavy atom. The highest BCUT2D eigenvalue weighted by Crippen LogP contribution is 2.45. The molecule has 31 heteroatoms. The predicted molar refractivity (Wildman–Crippen MR) is 454 cm³/mol. The minimum atomic E-state index is -6.11. The number of aliphatic hydroxyl groups excluding tert-OH is 1. The molecule has 5 heterocycles. The molecular weight excluding hydrogens is 1580 g/mol. The lowest BCUT2D eigenvalue weighted by atomic mass is 9.71. The number of aromatic nitrogens is 1. The number of aryl methyl sites for hydroxylation is 1. The van der Waals surface area contributed by atoms with Gasteiger partial charge in [-0.25, -0.2) is 26.5 Å². The van der Waals surface area contributed by atoms with Gasteiger partial charge in [0.2, 0.25) is 17.7 Å². The molecule has 5 aliphatic rings. The van der Waals surface area contributed by atoms with Crippen LogP contribution in [0.3, 0.4) is 0 Å². The number of sulfone groups is 1. The summed E-state index contributed by atoms with van der Waals surface area (Å²) < 4.78 is 105. The number of nitrogens with one attached hydrogen (secondary N) is 5. The fraction of sp³-hybridized carbons (Fsp3) is 0.471. The van der Waals surface area contributed by atoms with Gasteiger partial charge in [0.25, 0.3) is 25.8 Å². The van der Waals surface area contributed by atoms with E-state index in [0.717, 1.165) is 140 Å². The van der Waals surface area contributed by atoms with Crippen molar-refractivity contribution < 1.29 is 59.0 Å². The first-order valence-electron chi connectivity index (χ1n) is 39.6. The number of aliphatic hydroxyl groups is 1. The molecule has 4 saturated heterocycles. The topological polar surface area (TPSA) is 262 Å². The second-order valence-electron chi connectivity index (χ2n) is 32.5. The summed E-state index contributed by atoms with van der Waals surface area (Å²) in [6.07, 6.45) is 2.49. The Hall–Kier alpha value is -8.14. The standard InChI is InChI=1S/C85H107ClF3N13O10S4/c1-58(60-13-15-62(16-14-60)78-59(2)91-57-114-78)92-81(106)75-49-70(103)54-102(75)82(107)79(83(3,4)5)94-77(104)52-90-66-23-27-69(28-24-66)100-41-37-98(38-42-100)36-35-96(7)56-84(6)33-31-73(61-17-21-65(86)22-18-61)64(51-84)53-99-39-43-101(44-40-99)68-25-19-63(20-26-68)80(105)95-116(110,111)72-29-30-74(76(50-72)115(108,109)85(87,88)89)93-67(32-34-97-45-47-112-48-46-97)55-113-71-11-9-8-10-12-71/h8-30,50,57-58,67,70,75,79,90,93,103H,31-49,51-56H2,1-7H3,(H,92,106)(H,94,104)(H,95,105)/t58-,67+,70+,75-,79+,84?/m0/s1. The molecule has 4 amide bonds. The van der Waals surface area contributed by atoms with Crippen LogP contribution in [0.15, 0.2) is 171 Å². The molecule has 6 N–H and O–H groups in total. The van der Waals surface area contributed by atoms with Gasteiger partial charge in [-0.05, 0) is 171 Å². The second-order valence-corrected chi connectivity index (χ2v) is 38.5. The molecule has 12 rings (SSSR count). The van der Waals surface area contributed by atoms with Crippen LogP contribution in [-0.4, -0.2) is 242 Å². The monoisotopic (exact) mass is 1690 g/mol. The molecule has 116 heavy (non-hydrogen) atoms. The zero-order valence-corrected chi connectivity index (χ0v) is 70.9. The van der Waals surface area contributed by atoms with Gasteiger partial charge in [0, 0.05) is 155 Å². The average Bonchev–Trinajstić information content (AvgIpc) is 0.836. The number of benzene rings is 6. The summed E-state index contributed by atoms with van der Waals surface area (Å²) in [7, 11) is -8.79. The van der Waals surface area contributed by atoms with Crippen molar-refractivity contribution in [2.45, 2.75) is 124 Å². The maximum Gasteiger partial charge on any atom is 0.501 e. The van der Waals surface area contributed by atoms with Gasteiger partial charge in [0.05, 0.1) is 58.6 Å². The zero-order valence-electron chi connectivity index (χ0n) is 66.8. The fourth-order valence-corrected chi connectivity index (χ4v) is 20.0. The van der Waals surface area contributed by atoms with Crippen molar-refractivity contribution in [1.29, 1.82) is 0 Å². The van der Waals surface area contributed by atoms with Gasteiger partial charge >= 0.3 is 5.51 Å². The van der Waals surface area contributed by atoms with E-state index in [2.05, 4.69) is 93.9 Å². The number of hydrogen-bond donors (Lipinski definition) is 6.